The lowest BCUT2D eigenvalue weighted by molar-refractivity contribution is -0.117. The topological polar surface area (TPSA) is 90.2 Å². The molecule has 9 heteroatoms. The highest BCUT2D eigenvalue weighted by Gasteiger charge is 2.23. The van der Waals surface area contributed by atoms with Gasteiger partial charge in [-0.15, -0.1) is 0 Å². The average Bonchev–Trinajstić information content (AvgIpc) is 3.53. The van der Waals surface area contributed by atoms with Crippen LogP contribution in [-0.4, -0.2) is 24.8 Å². The van der Waals surface area contributed by atoms with Crippen LogP contribution >= 0.6 is 11.6 Å². The zero-order valence-corrected chi connectivity index (χ0v) is 19.5. The summed E-state index contributed by atoms with van der Waals surface area (Å²) in [5, 5.41) is 4.45. The molecule has 1 aliphatic rings. The maximum atomic E-state index is 14.6. The van der Waals surface area contributed by atoms with Gasteiger partial charge >= 0.3 is 0 Å². The maximum absolute atomic E-state index is 14.6. The van der Waals surface area contributed by atoms with Gasteiger partial charge in [-0.25, -0.2) is 14.4 Å². The zero-order chi connectivity index (χ0) is 24.1. The summed E-state index contributed by atoms with van der Waals surface area (Å²) in [6.45, 7) is 0.544. The number of halogens is 2. The third-order valence-electron chi connectivity index (χ3n) is 6.33. The molecule has 0 unspecified atom stereocenters. The number of hydrogen-bond donors (Lipinski definition) is 2. The van der Waals surface area contributed by atoms with E-state index in [9.17, 15) is 9.18 Å². The number of anilines is 1. The molecule has 1 aromatic carbocycles. The number of nitrogens with one attached hydrogen (secondary N) is 1. The molecule has 0 atom stereocenters. The summed E-state index contributed by atoms with van der Waals surface area (Å²) in [6.07, 6.45) is 9.92. The van der Waals surface area contributed by atoms with Gasteiger partial charge in [0.25, 0.3) is 0 Å². The number of nitrogens with zero attached hydrogens (tertiary/aromatic N) is 4. The largest absolute Gasteiger partial charge is 0.379 e. The van der Waals surface area contributed by atoms with Gasteiger partial charge in [-0.1, -0.05) is 17.7 Å². The first kappa shape index (κ1) is 21.6. The van der Waals surface area contributed by atoms with Crippen molar-refractivity contribution in [3.63, 3.8) is 0 Å². The monoisotopic (exact) mass is 488 g/mol. The number of nitrogens with two attached hydrogens (primary N) is 1. The maximum Gasteiger partial charge on any atom is 0.221 e. The van der Waals surface area contributed by atoms with Crippen LogP contribution < -0.4 is 11.1 Å². The third-order valence-corrected chi connectivity index (χ3v) is 6.63. The van der Waals surface area contributed by atoms with Gasteiger partial charge in [0.15, 0.2) is 0 Å². The van der Waals surface area contributed by atoms with Crippen LogP contribution in [-0.2, 0) is 17.8 Å². The van der Waals surface area contributed by atoms with Crippen LogP contribution in [0.3, 0.4) is 0 Å². The molecular weight excluding hydrogens is 467 g/mol. The predicted octanol–water partition coefficient (Wildman–Crippen LogP) is 4.98. The van der Waals surface area contributed by atoms with E-state index in [1.807, 2.05) is 18.3 Å². The molecule has 5 aromatic rings. The number of imidazole rings is 1. The second-order valence-electron chi connectivity index (χ2n) is 8.94. The molecular formula is C26H22ClFN6O. The number of rotatable bonds is 7. The lowest BCUT2D eigenvalue weighted by Gasteiger charge is -2.09. The van der Waals surface area contributed by atoms with Crippen molar-refractivity contribution in [3.05, 3.63) is 88.8 Å². The Hall–Kier alpha value is -3.91. The van der Waals surface area contributed by atoms with Crippen LogP contribution in [0.4, 0.5) is 10.1 Å². The van der Waals surface area contributed by atoms with Crippen molar-refractivity contribution < 1.29 is 9.18 Å². The van der Waals surface area contributed by atoms with Gasteiger partial charge in [0.05, 0.1) is 29.2 Å². The lowest BCUT2D eigenvalue weighted by Crippen LogP contribution is -2.14. The number of carbonyl (C=O) groups excluding carboxylic acids is 1. The number of carbonyl (C=O) groups is 1. The summed E-state index contributed by atoms with van der Waals surface area (Å²) < 4.78 is 18.4. The van der Waals surface area contributed by atoms with E-state index in [-0.39, 0.29) is 12.0 Å². The third kappa shape index (κ3) is 4.21. The molecule has 0 saturated heterocycles. The number of aromatic nitrogens is 4. The Morgan fingerprint density at radius 3 is 2.83 bits per heavy atom. The first-order chi connectivity index (χ1) is 16.9. The number of pyridine rings is 2. The highest BCUT2D eigenvalue weighted by molar-refractivity contribution is 6.35. The quantitative estimate of drug-likeness (QED) is 0.338. The van der Waals surface area contributed by atoms with E-state index in [0.717, 1.165) is 17.0 Å². The molecule has 4 heterocycles. The van der Waals surface area contributed by atoms with Crippen LogP contribution in [0.1, 0.15) is 35.6 Å². The minimum atomic E-state index is -0.604. The minimum absolute atomic E-state index is 0.189. The molecule has 7 nitrogen and oxygen atoms in total. The zero-order valence-electron chi connectivity index (χ0n) is 18.7. The SMILES string of the molecule is NC(=O)Cc1cc2c(Cl)cn(-c3cc(NCc4cn5cc(C6CC6)ccc5n4)ccn3)c2cc1F. The van der Waals surface area contributed by atoms with Gasteiger partial charge in [0, 0.05) is 41.9 Å². The standard InChI is InChI=1S/C26H22ClFN6O/c27-21-14-34(23-10-22(28)17(7-20(21)23)8-24(29)35)26-9-18(5-6-30-26)31-11-19-13-33-12-16(15-1-2-15)3-4-25(33)32-19/h3-7,9-10,12-15H,1-2,8,11H2,(H2,29,35)(H,30,31). The Bertz CT molecular complexity index is 1600. The van der Waals surface area contributed by atoms with E-state index < -0.39 is 11.7 Å². The summed E-state index contributed by atoms with van der Waals surface area (Å²) in [5.41, 5.74) is 10.1. The molecule has 0 bridgehead atoms. The van der Waals surface area contributed by atoms with Crippen molar-refractivity contribution in [3.8, 4) is 5.82 Å². The van der Waals surface area contributed by atoms with E-state index in [4.69, 9.17) is 22.3 Å². The van der Waals surface area contributed by atoms with Crippen LogP contribution in [0.2, 0.25) is 5.02 Å². The van der Waals surface area contributed by atoms with Gasteiger partial charge in [-0.3, -0.25) is 9.36 Å². The molecule has 4 aromatic heterocycles. The van der Waals surface area contributed by atoms with Gasteiger partial charge < -0.3 is 15.5 Å². The highest BCUT2D eigenvalue weighted by atomic mass is 35.5. The van der Waals surface area contributed by atoms with Gasteiger partial charge in [-0.2, -0.15) is 0 Å². The van der Waals surface area contributed by atoms with Crippen molar-refractivity contribution in [1.29, 1.82) is 0 Å². The fraction of sp³-hybridized carbons (Fsp3) is 0.192. The number of hydrogen-bond acceptors (Lipinski definition) is 4. The minimum Gasteiger partial charge on any atom is -0.379 e. The molecule has 176 valence electrons. The first-order valence-electron chi connectivity index (χ1n) is 11.4. The summed E-state index contributed by atoms with van der Waals surface area (Å²) in [4.78, 5) is 20.4. The second-order valence-corrected chi connectivity index (χ2v) is 9.35. The van der Waals surface area contributed by atoms with E-state index >= 15 is 0 Å². The normalized spacial score (nSPS) is 13.5. The molecule has 0 aliphatic heterocycles. The molecule has 35 heavy (non-hydrogen) atoms. The van der Waals surface area contributed by atoms with Gasteiger partial charge in [0.1, 0.15) is 17.3 Å². The number of amides is 1. The van der Waals surface area contributed by atoms with Crippen molar-refractivity contribution >= 4 is 39.7 Å². The van der Waals surface area contributed by atoms with E-state index in [1.54, 1.807) is 23.0 Å². The molecule has 1 amide bonds. The summed E-state index contributed by atoms with van der Waals surface area (Å²) in [5.74, 6) is 0.157. The lowest BCUT2D eigenvalue weighted by atomic mass is 10.1. The number of benzene rings is 1. The summed E-state index contributed by atoms with van der Waals surface area (Å²) in [7, 11) is 0. The Kier molecular flexibility index (Phi) is 5.18. The van der Waals surface area contributed by atoms with Crippen molar-refractivity contribution in [1.82, 2.24) is 18.9 Å². The van der Waals surface area contributed by atoms with Crippen LogP contribution in [0.5, 0.6) is 0 Å². The van der Waals surface area contributed by atoms with Crippen LogP contribution in [0.25, 0.3) is 22.4 Å². The fourth-order valence-corrected chi connectivity index (χ4v) is 4.67. The Morgan fingerprint density at radius 1 is 1.17 bits per heavy atom. The average molecular weight is 489 g/mol. The molecule has 1 aliphatic carbocycles. The fourth-order valence-electron chi connectivity index (χ4n) is 4.42. The summed E-state index contributed by atoms with van der Waals surface area (Å²) in [6, 6.07) is 10.9. The van der Waals surface area contributed by atoms with Crippen LogP contribution in [0.15, 0.2) is 61.2 Å². The van der Waals surface area contributed by atoms with Crippen molar-refractivity contribution in [2.24, 2.45) is 5.73 Å². The highest BCUT2D eigenvalue weighted by Crippen LogP contribution is 2.40. The van der Waals surface area contributed by atoms with Gasteiger partial charge in [0.2, 0.25) is 5.91 Å². The number of fused-ring (bicyclic) bond motifs is 2. The molecule has 1 saturated carbocycles. The molecule has 3 N–H and O–H groups in total. The van der Waals surface area contributed by atoms with E-state index in [1.165, 1.54) is 24.5 Å². The van der Waals surface area contributed by atoms with E-state index in [2.05, 4.69) is 33.0 Å². The first-order valence-corrected chi connectivity index (χ1v) is 11.8. The van der Waals surface area contributed by atoms with Crippen molar-refractivity contribution in [2.75, 3.05) is 5.32 Å². The van der Waals surface area contributed by atoms with Crippen LogP contribution in [0, 0.1) is 5.82 Å². The molecule has 6 rings (SSSR count). The molecule has 0 radical (unpaired) electrons. The second kappa shape index (κ2) is 8.39. The Labute approximate surface area is 205 Å². The Morgan fingerprint density at radius 2 is 2.03 bits per heavy atom. The van der Waals surface area contributed by atoms with Gasteiger partial charge in [-0.05, 0) is 54.2 Å². The molecule has 1 fully saturated rings. The predicted molar refractivity (Wildman–Crippen MR) is 133 cm³/mol. The van der Waals surface area contributed by atoms with Crippen molar-refractivity contribution in [2.45, 2.75) is 31.7 Å². The number of primary amides is 1. The summed E-state index contributed by atoms with van der Waals surface area (Å²) >= 11 is 6.43. The molecule has 0 spiro atoms. The van der Waals surface area contributed by atoms with E-state index in [0.29, 0.717) is 34.2 Å². The smallest absolute Gasteiger partial charge is 0.221 e. The Balaban J connectivity index is 1.26.